The Kier molecular flexibility index (Phi) is 14.3. The van der Waals surface area contributed by atoms with Gasteiger partial charge in [0.05, 0.1) is 29.8 Å². The number of anilines is 2. The summed E-state index contributed by atoms with van der Waals surface area (Å²) in [5.74, 6) is 0.582. The lowest BCUT2D eigenvalue weighted by atomic mass is 10.0. The smallest absolute Gasteiger partial charge is 0.265 e. The van der Waals surface area contributed by atoms with Crippen LogP contribution in [0.2, 0.25) is 10.0 Å². The second kappa shape index (κ2) is 18.6. The van der Waals surface area contributed by atoms with Crippen LogP contribution in [0.25, 0.3) is 22.2 Å². The Hall–Kier alpha value is -4.63. The van der Waals surface area contributed by atoms with Crippen molar-refractivity contribution in [3.63, 3.8) is 0 Å². The molecule has 0 saturated heterocycles. The summed E-state index contributed by atoms with van der Waals surface area (Å²) in [7, 11) is 2.95. The molecule has 270 valence electrons. The monoisotopic (exact) mass is 733 g/mol. The lowest BCUT2D eigenvalue weighted by molar-refractivity contribution is -0.112. The molecule has 0 fully saturated rings. The van der Waals surface area contributed by atoms with E-state index >= 15 is 0 Å². The summed E-state index contributed by atoms with van der Waals surface area (Å²) in [4.78, 5) is 38.9. The Bertz CT molecular complexity index is 1960. The number of methoxy groups -OCH3 is 2. The first-order valence-electron chi connectivity index (χ1n) is 17.0. The molecule has 0 bridgehead atoms. The minimum atomic E-state index is -0.481. The molecule has 11 nitrogen and oxygen atoms in total. The largest absolute Gasteiger partial charge is 0.495 e. The number of benzene rings is 2. The van der Waals surface area contributed by atoms with E-state index in [2.05, 4.69) is 34.4 Å². The molecule has 0 unspecified atom stereocenters. The van der Waals surface area contributed by atoms with E-state index in [-0.39, 0.29) is 44.8 Å². The second-order valence-corrected chi connectivity index (χ2v) is 13.0. The molecule has 0 atom stereocenters. The lowest BCUT2D eigenvalue weighted by Crippen LogP contribution is -2.25. The number of carbonyl (C=O) groups excluding carboxylic acids is 1. The normalized spacial score (nSPS) is 11.6. The molecule has 51 heavy (non-hydrogen) atoms. The number of nitrogens with zero attached hydrogens (tertiary/aromatic N) is 5. The summed E-state index contributed by atoms with van der Waals surface area (Å²) >= 11 is 13.6. The molecule has 4 rings (SSSR count). The minimum Gasteiger partial charge on any atom is -0.495 e. The Morgan fingerprint density at radius 3 is 2.41 bits per heavy atom. The van der Waals surface area contributed by atoms with Gasteiger partial charge in [-0.3, -0.25) is 14.2 Å². The van der Waals surface area contributed by atoms with Crippen molar-refractivity contribution in [2.75, 3.05) is 51.0 Å². The number of allylic oxidation sites excluding steroid dienone is 1. The molecule has 0 saturated carbocycles. The van der Waals surface area contributed by atoms with Crippen LogP contribution < -0.4 is 25.7 Å². The lowest BCUT2D eigenvalue weighted by Gasteiger charge is -2.18. The summed E-state index contributed by atoms with van der Waals surface area (Å²) in [6.45, 7) is 12.1. The quantitative estimate of drug-likeness (QED) is 0.0639. The van der Waals surface area contributed by atoms with Crippen LogP contribution in [-0.2, 0) is 17.8 Å². The highest BCUT2D eigenvalue weighted by molar-refractivity contribution is 6.41. The van der Waals surface area contributed by atoms with Crippen molar-refractivity contribution >= 4 is 51.8 Å². The predicted octanol–water partition coefficient (Wildman–Crippen LogP) is 7.60. The van der Waals surface area contributed by atoms with Gasteiger partial charge in [0.2, 0.25) is 5.95 Å². The fourth-order valence-electron chi connectivity index (χ4n) is 5.69. The van der Waals surface area contributed by atoms with Gasteiger partial charge in [0, 0.05) is 42.0 Å². The molecule has 13 heteroatoms. The van der Waals surface area contributed by atoms with Crippen molar-refractivity contribution in [2.24, 2.45) is 5.92 Å². The molecule has 1 amide bonds. The van der Waals surface area contributed by atoms with Gasteiger partial charge in [0.15, 0.2) is 0 Å². The molecular formula is C38H45Cl2N7O4. The van der Waals surface area contributed by atoms with Gasteiger partial charge in [0.25, 0.3) is 11.5 Å². The maximum absolute atomic E-state index is 14.4. The summed E-state index contributed by atoms with van der Waals surface area (Å²) in [5.41, 5.74) is 2.01. The van der Waals surface area contributed by atoms with E-state index in [1.807, 2.05) is 38.1 Å². The third-order valence-electron chi connectivity index (χ3n) is 8.42. The average molecular weight is 735 g/mol. The van der Waals surface area contributed by atoms with Gasteiger partial charge in [-0.15, -0.1) is 0 Å². The zero-order chi connectivity index (χ0) is 37.1. The van der Waals surface area contributed by atoms with Crippen LogP contribution in [0.4, 0.5) is 11.6 Å². The van der Waals surface area contributed by atoms with Crippen molar-refractivity contribution in [1.82, 2.24) is 19.4 Å². The van der Waals surface area contributed by atoms with Crippen LogP contribution in [0.15, 0.2) is 59.0 Å². The number of pyridine rings is 1. The molecule has 0 aliphatic heterocycles. The maximum Gasteiger partial charge on any atom is 0.265 e. The van der Waals surface area contributed by atoms with E-state index in [1.54, 1.807) is 35.0 Å². The number of aromatic nitrogens is 3. The van der Waals surface area contributed by atoms with E-state index in [4.69, 9.17) is 37.7 Å². The number of unbranched alkanes of at least 4 members (excludes halogenated alkanes) is 1. The number of aryl methyl sites for hydroxylation is 2. The van der Waals surface area contributed by atoms with E-state index in [0.29, 0.717) is 47.1 Å². The van der Waals surface area contributed by atoms with Crippen molar-refractivity contribution in [2.45, 2.75) is 53.5 Å². The fraction of sp³-hybridized carbons (Fsp3) is 0.395. The number of halogens is 2. The van der Waals surface area contributed by atoms with Crippen LogP contribution in [0.1, 0.15) is 46.1 Å². The SMILES string of the molecule is CCN(CC)CCCCNc1ncc2cc(-c3c(Cl)c(OC)cc(OC)c3Cl)c(=O)n(CCc3cccc(NC(=O)/C(C#N)=C/C(C)C)c3)c2n1. The first-order valence-corrected chi connectivity index (χ1v) is 17.8. The molecule has 0 radical (unpaired) electrons. The van der Waals surface area contributed by atoms with Crippen LogP contribution >= 0.6 is 23.2 Å². The number of ether oxygens (including phenoxy) is 2. The minimum absolute atomic E-state index is 0.0422. The number of nitriles is 1. The average Bonchev–Trinajstić information content (AvgIpc) is 3.12. The predicted molar refractivity (Wildman–Crippen MR) is 205 cm³/mol. The second-order valence-electron chi connectivity index (χ2n) is 12.3. The van der Waals surface area contributed by atoms with Gasteiger partial charge >= 0.3 is 0 Å². The number of amides is 1. The van der Waals surface area contributed by atoms with Gasteiger partial charge in [-0.1, -0.05) is 69.1 Å². The van der Waals surface area contributed by atoms with Gasteiger partial charge in [0.1, 0.15) is 28.8 Å². The number of hydrogen-bond acceptors (Lipinski definition) is 9. The van der Waals surface area contributed by atoms with Crippen LogP contribution in [0.5, 0.6) is 11.5 Å². The highest BCUT2D eigenvalue weighted by Gasteiger charge is 2.23. The zero-order valence-electron chi connectivity index (χ0n) is 30.0. The standard InChI is InChI=1S/C38H45Cl2N7O4/c1-7-46(8-2)16-10-9-15-42-38-43-23-27-20-29(32-33(39)30(50-5)21-31(51-6)34(32)40)37(49)47(35(27)45-38)17-14-25-12-11-13-28(19-25)44-36(48)26(22-41)18-24(3)4/h11-13,18-21,23-24H,7-10,14-17H2,1-6H3,(H,44,48)(H,42,43,45)/b26-18+. The summed E-state index contributed by atoms with van der Waals surface area (Å²) < 4.78 is 12.5. The molecule has 2 aromatic heterocycles. The van der Waals surface area contributed by atoms with Gasteiger partial charge in [-0.2, -0.15) is 10.2 Å². The molecule has 0 aliphatic rings. The van der Waals surface area contributed by atoms with E-state index < -0.39 is 5.91 Å². The number of rotatable bonds is 17. The number of carbonyl (C=O) groups is 1. The third kappa shape index (κ3) is 9.79. The summed E-state index contributed by atoms with van der Waals surface area (Å²) in [6.07, 6.45) is 5.68. The number of nitrogens with one attached hydrogen (secondary N) is 2. The zero-order valence-corrected chi connectivity index (χ0v) is 31.5. The molecule has 2 N–H and O–H groups in total. The molecule has 2 heterocycles. The summed E-state index contributed by atoms with van der Waals surface area (Å²) in [6, 6.07) is 12.5. The van der Waals surface area contributed by atoms with Gasteiger partial charge in [-0.25, -0.2) is 4.98 Å². The van der Waals surface area contributed by atoms with Crippen molar-refractivity contribution in [3.05, 3.63) is 80.2 Å². The van der Waals surface area contributed by atoms with E-state index in [9.17, 15) is 14.9 Å². The molecule has 2 aromatic carbocycles. The topological polar surface area (TPSA) is 134 Å². The molecule has 0 spiro atoms. The Morgan fingerprint density at radius 2 is 1.78 bits per heavy atom. The highest BCUT2D eigenvalue weighted by atomic mass is 35.5. The number of hydrogen-bond donors (Lipinski definition) is 2. The van der Waals surface area contributed by atoms with Crippen molar-refractivity contribution < 1.29 is 14.3 Å². The maximum atomic E-state index is 14.4. The number of fused-ring (bicyclic) bond motifs is 1. The molecule has 0 aliphatic carbocycles. The van der Waals surface area contributed by atoms with Crippen LogP contribution in [0.3, 0.4) is 0 Å². The Morgan fingerprint density at radius 1 is 1.08 bits per heavy atom. The van der Waals surface area contributed by atoms with Crippen LogP contribution in [-0.4, -0.2) is 65.7 Å². The van der Waals surface area contributed by atoms with Crippen LogP contribution in [0, 0.1) is 17.2 Å². The molecular weight excluding hydrogens is 689 g/mol. The Labute approximate surface area is 309 Å². The Balaban J connectivity index is 1.72. The van der Waals surface area contributed by atoms with Crippen molar-refractivity contribution in [1.29, 1.82) is 5.26 Å². The summed E-state index contributed by atoms with van der Waals surface area (Å²) in [5, 5.41) is 16.5. The highest BCUT2D eigenvalue weighted by Crippen LogP contribution is 2.45. The van der Waals surface area contributed by atoms with Gasteiger partial charge < -0.3 is 25.0 Å². The van der Waals surface area contributed by atoms with E-state index in [0.717, 1.165) is 38.0 Å². The van der Waals surface area contributed by atoms with E-state index in [1.165, 1.54) is 14.2 Å². The molecule has 4 aromatic rings. The first kappa shape index (κ1) is 39.2. The van der Waals surface area contributed by atoms with Crippen molar-refractivity contribution in [3.8, 4) is 28.7 Å². The third-order valence-corrected chi connectivity index (χ3v) is 9.17. The first-order chi connectivity index (χ1) is 24.5. The fourth-order valence-corrected chi connectivity index (χ4v) is 6.40. The van der Waals surface area contributed by atoms with Gasteiger partial charge in [-0.05, 0) is 68.6 Å².